The van der Waals surface area contributed by atoms with Crippen molar-refractivity contribution >= 4 is 15.7 Å². The van der Waals surface area contributed by atoms with Crippen LogP contribution in [-0.2, 0) is 10.0 Å². The van der Waals surface area contributed by atoms with Crippen molar-refractivity contribution in [2.45, 2.75) is 18.7 Å². The zero-order valence-corrected chi connectivity index (χ0v) is 14.8. The highest BCUT2D eigenvalue weighted by Crippen LogP contribution is 2.28. The van der Waals surface area contributed by atoms with Gasteiger partial charge >= 0.3 is 0 Å². The molecule has 0 amide bonds. The van der Waals surface area contributed by atoms with Crippen LogP contribution in [0.4, 0.5) is 5.69 Å². The average Bonchev–Trinajstić information content (AvgIpc) is 2.51. The molecule has 0 aliphatic carbocycles. The summed E-state index contributed by atoms with van der Waals surface area (Å²) in [6.07, 6.45) is 1.63. The van der Waals surface area contributed by atoms with E-state index in [1.807, 2.05) is 0 Å². The van der Waals surface area contributed by atoms with Crippen LogP contribution in [-0.4, -0.2) is 22.1 Å². The number of hydrogen-bond acceptors (Lipinski definition) is 4. The number of anilines is 1. The molecule has 2 aromatic rings. The summed E-state index contributed by atoms with van der Waals surface area (Å²) in [4.78, 5) is 0.251. The normalized spacial score (nSPS) is 11.0. The Kier molecular flexibility index (Phi) is 5.51. The number of methoxy groups -OCH3 is 1. The summed E-state index contributed by atoms with van der Waals surface area (Å²) >= 11 is 0. The first-order valence-corrected chi connectivity index (χ1v) is 8.87. The zero-order chi connectivity index (χ0) is 17.7. The van der Waals surface area contributed by atoms with Gasteiger partial charge in [0.25, 0.3) is 10.0 Å². The predicted molar refractivity (Wildman–Crippen MR) is 95.4 cm³/mol. The van der Waals surface area contributed by atoms with Gasteiger partial charge in [0.1, 0.15) is 18.1 Å². The van der Waals surface area contributed by atoms with E-state index < -0.39 is 10.0 Å². The van der Waals surface area contributed by atoms with Gasteiger partial charge in [0.05, 0.1) is 17.7 Å². The number of rotatable bonds is 7. The Balaban J connectivity index is 2.34. The third kappa shape index (κ3) is 4.08. The van der Waals surface area contributed by atoms with Crippen molar-refractivity contribution in [3.63, 3.8) is 0 Å². The Morgan fingerprint density at radius 2 is 1.79 bits per heavy atom. The maximum atomic E-state index is 12.8. The molecule has 0 fully saturated rings. The van der Waals surface area contributed by atoms with Gasteiger partial charge in [0.2, 0.25) is 0 Å². The number of hydrogen-bond donors (Lipinski definition) is 1. The Bertz CT molecular complexity index is 821. The van der Waals surface area contributed by atoms with Crippen molar-refractivity contribution in [2.75, 3.05) is 18.4 Å². The molecule has 0 aliphatic heterocycles. The lowest BCUT2D eigenvalue weighted by atomic mass is 10.1. The third-order valence-corrected chi connectivity index (χ3v) is 5.08. The van der Waals surface area contributed by atoms with E-state index in [1.165, 1.54) is 0 Å². The van der Waals surface area contributed by atoms with Crippen molar-refractivity contribution in [3.05, 3.63) is 60.2 Å². The summed E-state index contributed by atoms with van der Waals surface area (Å²) in [6.45, 7) is 7.43. The quantitative estimate of drug-likeness (QED) is 0.776. The fourth-order valence-corrected chi connectivity index (χ4v) is 3.97. The molecule has 0 heterocycles. The molecule has 0 aromatic heterocycles. The molecular weight excluding hydrogens is 326 g/mol. The zero-order valence-electron chi connectivity index (χ0n) is 14.0. The molecule has 128 valence electrons. The van der Waals surface area contributed by atoms with E-state index in [4.69, 9.17) is 9.47 Å². The average molecular weight is 347 g/mol. The maximum absolute atomic E-state index is 12.8. The van der Waals surface area contributed by atoms with Gasteiger partial charge in [0.15, 0.2) is 0 Å². The minimum absolute atomic E-state index is 0.251. The Morgan fingerprint density at radius 1 is 1.12 bits per heavy atom. The molecular formula is C18H21NO4S. The van der Waals surface area contributed by atoms with Gasteiger partial charge in [0, 0.05) is 6.07 Å². The van der Waals surface area contributed by atoms with E-state index in [1.54, 1.807) is 63.4 Å². The number of nitrogens with one attached hydrogen (secondary N) is 1. The van der Waals surface area contributed by atoms with Crippen molar-refractivity contribution in [1.82, 2.24) is 0 Å². The summed E-state index contributed by atoms with van der Waals surface area (Å²) in [5, 5.41) is 0. The molecule has 0 saturated carbocycles. The lowest BCUT2D eigenvalue weighted by molar-refractivity contribution is 0.363. The molecule has 1 N–H and O–H groups in total. The highest BCUT2D eigenvalue weighted by atomic mass is 32.2. The lowest BCUT2D eigenvalue weighted by Crippen LogP contribution is -2.16. The van der Waals surface area contributed by atoms with E-state index in [-0.39, 0.29) is 4.90 Å². The number of aryl methyl sites for hydroxylation is 2. The van der Waals surface area contributed by atoms with Crippen molar-refractivity contribution in [1.29, 1.82) is 0 Å². The van der Waals surface area contributed by atoms with Crippen molar-refractivity contribution in [3.8, 4) is 11.5 Å². The van der Waals surface area contributed by atoms with Crippen LogP contribution in [0, 0.1) is 13.8 Å². The predicted octanol–water partition coefficient (Wildman–Crippen LogP) is 3.68. The molecule has 0 radical (unpaired) electrons. The van der Waals surface area contributed by atoms with Crippen LogP contribution in [0.3, 0.4) is 0 Å². The summed E-state index contributed by atoms with van der Waals surface area (Å²) in [5.74, 6) is 1.20. The molecule has 0 saturated heterocycles. The SMILES string of the molecule is C=CCOc1cccc(NS(=O)(=O)c2c(C)cc(OC)cc2C)c1. The Labute approximate surface area is 143 Å². The van der Waals surface area contributed by atoms with Crippen LogP contribution < -0.4 is 14.2 Å². The molecule has 5 nitrogen and oxygen atoms in total. The molecule has 0 unspecified atom stereocenters. The fraction of sp³-hybridized carbons (Fsp3) is 0.222. The van der Waals surface area contributed by atoms with E-state index in [0.29, 0.717) is 34.9 Å². The smallest absolute Gasteiger partial charge is 0.262 e. The first-order valence-electron chi connectivity index (χ1n) is 7.39. The van der Waals surface area contributed by atoms with Gasteiger partial charge in [-0.15, -0.1) is 0 Å². The van der Waals surface area contributed by atoms with Gasteiger partial charge in [-0.2, -0.15) is 0 Å². The molecule has 6 heteroatoms. The molecule has 2 aromatic carbocycles. The molecule has 0 aliphatic rings. The highest BCUT2D eigenvalue weighted by Gasteiger charge is 2.20. The fourth-order valence-electron chi connectivity index (χ4n) is 2.46. The lowest BCUT2D eigenvalue weighted by Gasteiger charge is -2.15. The highest BCUT2D eigenvalue weighted by molar-refractivity contribution is 7.92. The topological polar surface area (TPSA) is 64.6 Å². The van der Waals surface area contributed by atoms with Gasteiger partial charge in [-0.05, 0) is 49.2 Å². The first kappa shape index (κ1) is 17.9. The number of benzene rings is 2. The molecule has 2 rings (SSSR count). The van der Waals surface area contributed by atoms with Crippen LogP contribution >= 0.6 is 0 Å². The minimum Gasteiger partial charge on any atom is -0.497 e. The Hall–Kier alpha value is -2.47. The summed E-state index contributed by atoms with van der Waals surface area (Å²) in [6, 6.07) is 10.2. The largest absolute Gasteiger partial charge is 0.497 e. The van der Waals surface area contributed by atoms with Crippen molar-refractivity contribution < 1.29 is 17.9 Å². The Morgan fingerprint density at radius 3 is 2.38 bits per heavy atom. The minimum atomic E-state index is -3.72. The van der Waals surface area contributed by atoms with Crippen LogP contribution in [0.15, 0.2) is 53.9 Å². The summed E-state index contributed by atoms with van der Waals surface area (Å²) < 4.78 is 38.7. The van der Waals surface area contributed by atoms with E-state index in [2.05, 4.69) is 11.3 Å². The van der Waals surface area contributed by atoms with E-state index in [9.17, 15) is 8.42 Å². The number of ether oxygens (including phenoxy) is 2. The van der Waals surface area contributed by atoms with Gasteiger partial charge < -0.3 is 9.47 Å². The summed E-state index contributed by atoms with van der Waals surface area (Å²) in [5.41, 5.74) is 1.68. The standard InChI is InChI=1S/C18H21NO4S/c1-5-9-23-16-8-6-7-15(12-16)19-24(20,21)18-13(2)10-17(22-4)11-14(18)3/h5-8,10-12,19H,1,9H2,2-4H3. The van der Waals surface area contributed by atoms with Crippen LogP contribution in [0.2, 0.25) is 0 Å². The van der Waals surface area contributed by atoms with Gasteiger partial charge in [-0.3, -0.25) is 4.72 Å². The van der Waals surface area contributed by atoms with Crippen LogP contribution in [0.5, 0.6) is 11.5 Å². The van der Waals surface area contributed by atoms with E-state index >= 15 is 0 Å². The summed E-state index contributed by atoms with van der Waals surface area (Å²) in [7, 11) is -2.17. The second-order valence-corrected chi connectivity index (χ2v) is 6.94. The monoisotopic (exact) mass is 347 g/mol. The van der Waals surface area contributed by atoms with Crippen LogP contribution in [0.25, 0.3) is 0 Å². The number of sulfonamides is 1. The maximum Gasteiger partial charge on any atom is 0.262 e. The third-order valence-electron chi connectivity index (χ3n) is 3.39. The second kappa shape index (κ2) is 7.40. The van der Waals surface area contributed by atoms with Crippen molar-refractivity contribution in [2.24, 2.45) is 0 Å². The van der Waals surface area contributed by atoms with Gasteiger partial charge in [-0.1, -0.05) is 18.7 Å². The second-order valence-electron chi connectivity index (χ2n) is 5.32. The van der Waals surface area contributed by atoms with Crippen LogP contribution in [0.1, 0.15) is 11.1 Å². The molecule has 0 spiro atoms. The van der Waals surface area contributed by atoms with Gasteiger partial charge in [-0.25, -0.2) is 8.42 Å². The molecule has 0 bridgehead atoms. The molecule has 0 atom stereocenters. The first-order chi connectivity index (χ1) is 11.4. The molecule has 24 heavy (non-hydrogen) atoms. The van der Waals surface area contributed by atoms with E-state index in [0.717, 1.165) is 0 Å².